The molecular formula is C17H17N7O. The predicted octanol–water partition coefficient (Wildman–Crippen LogP) is 0.624. The molecular weight excluding hydrogens is 318 g/mol. The van der Waals surface area contributed by atoms with Crippen LogP contribution in [0.15, 0.2) is 55.0 Å². The number of nitrogens with two attached hydrogens (primary N) is 1. The maximum Gasteiger partial charge on any atom is 0.254 e. The van der Waals surface area contributed by atoms with Crippen LogP contribution in [-0.4, -0.2) is 55.1 Å². The Morgan fingerprint density at radius 3 is 2.76 bits per heavy atom. The molecule has 1 fully saturated rings. The first-order chi connectivity index (χ1) is 12.2. The molecule has 3 aromatic rings. The first-order valence-electron chi connectivity index (χ1n) is 8.01. The highest BCUT2D eigenvalue weighted by atomic mass is 16.2. The molecule has 1 saturated heterocycles. The summed E-state index contributed by atoms with van der Waals surface area (Å²) in [6.45, 7) is 1.13. The van der Waals surface area contributed by atoms with Crippen molar-refractivity contribution in [2.24, 2.45) is 5.73 Å². The SMILES string of the molecule is N[C@H]1CN(C(=O)c2ccnc(-n3cnnn3)c2)C[C@@H]1c1ccccc1. The van der Waals surface area contributed by atoms with Gasteiger partial charge >= 0.3 is 0 Å². The molecule has 1 aromatic carbocycles. The lowest BCUT2D eigenvalue weighted by molar-refractivity contribution is 0.0789. The quantitative estimate of drug-likeness (QED) is 0.753. The first kappa shape index (κ1) is 15.4. The zero-order chi connectivity index (χ0) is 17.2. The Balaban J connectivity index is 1.55. The lowest BCUT2D eigenvalue weighted by Crippen LogP contribution is -2.32. The van der Waals surface area contributed by atoms with Crippen molar-refractivity contribution >= 4 is 5.91 Å². The third-order valence-corrected chi connectivity index (χ3v) is 4.46. The Bertz CT molecular complexity index is 866. The number of carbonyl (C=O) groups is 1. The highest BCUT2D eigenvalue weighted by molar-refractivity contribution is 5.94. The molecule has 3 heterocycles. The number of nitrogens with zero attached hydrogens (tertiary/aromatic N) is 6. The number of hydrogen-bond acceptors (Lipinski definition) is 6. The van der Waals surface area contributed by atoms with E-state index in [0.717, 1.165) is 5.56 Å². The van der Waals surface area contributed by atoms with Gasteiger partial charge in [0.1, 0.15) is 6.33 Å². The monoisotopic (exact) mass is 335 g/mol. The van der Waals surface area contributed by atoms with Crippen molar-refractivity contribution in [3.63, 3.8) is 0 Å². The molecule has 1 aliphatic heterocycles. The molecule has 126 valence electrons. The minimum Gasteiger partial charge on any atom is -0.336 e. The zero-order valence-electron chi connectivity index (χ0n) is 13.4. The maximum atomic E-state index is 12.9. The van der Waals surface area contributed by atoms with Crippen molar-refractivity contribution in [2.45, 2.75) is 12.0 Å². The molecule has 1 aliphatic rings. The molecule has 0 saturated carbocycles. The van der Waals surface area contributed by atoms with Crippen molar-refractivity contribution < 1.29 is 4.79 Å². The minimum absolute atomic E-state index is 0.0643. The topological polar surface area (TPSA) is 103 Å². The molecule has 8 heteroatoms. The maximum absolute atomic E-state index is 12.9. The molecule has 4 rings (SSSR count). The summed E-state index contributed by atoms with van der Waals surface area (Å²) in [6, 6.07) is 13.4. The highest BCUT2D eigenvalue weighted by Crippen LogP contribution is 2.27. The number of hydrogen-bond donors (Lipinski definition) is 1. The molecule has 0 unspecified atom stereocenters. The second kappa shape index (κ2) is 6.40. The van der Waals surface area contributed by atoms with Gasteiger partial charge in [-0.2, -0.15) is 4.68 Å². The van der Waals surface area contributed by atoms with E-state index in [1.165, 1.54) is 11.0 Å². The number of tetrazole rings is 1. The third-order valence-electron chi connectivity index (χ3n) is 4.46. The fraction of sp³-hybridized carbons (Fsp3) is 0.235. The van der Waals surface area contributed by atoms with Gasteiger partial charge in [-0.15, -0.1) is 5.10 Å². The number of carbonyl (C=O) groups excluding carboxylic acids is 1. The second-order valence-corrected chi connectivity index (χ2v) is 6.05. The fourth-order valence-corrected chi connectivity index (χ4v) is 3.17. The van der Waals surface area contributed by atoms with E-state index in [2.05, 4.69) is 32.6 Å². The molecule has 0 radical (unpaired) electrons. The van der Waals surface area contributed by atoms with Gasteiger partial charge in [0.2, 0.25) is 0 Å². The van der Waals surface area contributed by atoms with Crippen molar-refractivity contribution in [2.75, 3.05) is 13.1 Å². The van der Waals surface area contributed by atoms with Crippen LogP contribution in [0.1, 0.15) is 21.8 Å². The van der Waals surface area contributed by atoms with Crippen LogP contribution < -0.4 is 5.73 Å². The van der Waals surface area contributed by atoms with Crippen molar-refractivity contribution in [1.82, 2.24) is 30.1 Å². The number of benzene rings is 1. The number of aromatic nitrogens is 5. The van der Waals surface area contributed by atoms with Crippen LogP contribution in [0, 0.1) is 0 Å². The molecule has 2 aromatic heterocycles. The smallest absolute Gasteiger partial charge is 0.254 e. The Morgan fingerprint density at radius 1 is 1.16 bits per heavy atom. The van der Waals surface area contributed by atoms with E-state index >= 15 is 0 Å². The molecule has 0 bridgehead atoms. The molecule has 8 nitrogen and oxygen atoms in total. The van der Waals surface area contributed by atoms with E-state index in [9.17, 15) is 4.79 Å². The van der Waals surface area contributed by atoms with Crippen LogP contribution >= 0.6 is 0 Å². The summed E-state index contributed by atoms with van der Waals surface area (Å²) in [5.41, 5.74) is 7.99. The molecule has 2 N–H and O–H groups in total. The van der Waals surface area contributed by atoms with Gasteiger partial charge in [0.15, 0.2) is 5.82 Å². The van der Waals surface area contributed by atoms with E-state index in [4.69, 9.17) is 5.73 Å². The summed E-state index contributed by atoms with van der Waals surface area (Å²) in [5.74, 6) is 0.579. The van der Waals surface area contributed by atoms with E-state index in [0.29, 0.717) is 24.5 Å². The fourth-order valence-electron chi connectivity index (χ4n) is 3.17. The van der Waals surface area contributed by atoms with Crippen LogP contribution in [0.2, 0.25) is 0 Å². The Labute approximate surface area is 144 Å². The lowest BCUT2D eigenvalue weighted by Gasteiger charge is -2.16. The average Bonchev–Trinajstić information content (AvgIpc) is 3.32. The van der Waals surface area contributed by atoms with Crippen LogP contribution in [-0.2, 0) is 0 Å². The van der Waals surface area contributed by atoms with Gasteiger partial charge in [-0.05, 0) is 28.1 Å². The largest absolute Gasteiger partial charge is 0.336 e. The van der Waals surface area contributed by atoms with Gasteiger partial charge in [-0.1, -0.05) is 30.3 Å². The Morgan fingerprint density at radius 2 is 2.00 bits per heavy atom. The summed E-state index contributed by atoms with van der Waals surface area (Å²) in [4.78, 5) is 18.9. The van der Waals surface area contributed by atoms with Crippen LogP contribution in [0.3, 0.4) is 0 Å². The van der Waals surface area contributed by atoms with Crippen molar-refractivity contribution in [3.8, 4) is 5.82 Å². The Kier molecular flexibility index (Phi) is 3.95. The summed E-state index contributed by atoms with van der Waals surface area (Å²) >= 11 is 0. The van der Waals surface area contributed by atoms with Crippen LogP contribution in [0.25, 0.3) is 5.82 Å². The second-order valence-electron chi connectivity index (χ2n) is 6.05. The molecule has 0 aliphatic carbocycles. The summed E-state index contributed by atoms with van der Waals surface area (Å²) in [6.07, 6.45) is 3.02. The Hall–Kier alpha value is -3.13. The van der Waals surface area contributed by atoms with E-state index in [-0.39, 0.29) is 17.9 Å². The van der Waals surface area contributed by atoms with Gasteiger partial charge in [0, 0.05) is 36.8 Å². The third kappa shape index (κ3) is 2.99. The summed E-state index contributed by atoms with van der Waals surface area (Å²) < 4.78 is 1.42. The molecule has 25 heavy (non-hydrogen) atoms. The van der Waals surface area contributed by atoms with Gasteiger partial charge in [-0.25, -0.2) is 4.98 Å². The normalized spacial score (nSPS) is 20.0. The summed E-state index contributed by atoms with van der Waals surface area (Å²) in [5, 5.41) is 11.0. The predicted molar refractivity (Wildman–Crippen MR) is 90.0 cm³/mol. The first-order valence-corrected chi connectivity index (χ1v) is 8.01. The van der Waals surface area contributed by atoms with E-state index in [1.807, 2.05) is 18.2 Å². The van der Waals surface area contributed by atoms with E-state index < -0.39 is 0 Å². The van der Waals surface area contributed by atoms with Gasteiger partial charge in [-0.3, -0.25) is 4.79 Å². The number of rotatable bonds is 3. The molecule has 2 atom stereocenters. The summed E-state index contributed by atoms with van der Waals surface area (Å²) in [7, 11) is 0. The molecule has 0 spiro atoms. The van der Waals surface area contributed by atoms with Gasteiger partial charge in [0.25, 0.3) is 5.91 Å². The van der Waals surface area contributed by atoms with Gasteiger partial charge in [0.05, 0.1) is 0 Å². The standard InChI is InChI=1S/C17H17N7O/c18-15-10-23(9-14(15)12-4-2-1-3-5-12)17(25)13-6-7-19-16(8-13)24-11-20-21-22-24/h1-8,11,14-15H,9-10,18H2/t14-,15+/m1/s1. The van der Waals surface area contributed by atoms with Crippen molar-refractivity contribution in [1.29, 1.82) is 0 Å². The average molecular weight is 335 g/mol. The number of pyridine rings is 1. The van der Waals surface area contributed by atoms with Crippen LogP contribution in [0.5, 0.6) is 0 Å². The van der Waals surface area contributed by atoms with Gasteiger partial charge < -0.3 is 10.6 Å². The lowest BCUT2D eigenvalue weighted by atomic mass is 9.95. The zero-order valence-corrected chi connectivity index (χ0v) is 13.4. The van der Waals surface area contributed by atoms with Crippen molar-refractivity contribution in [3.05, 3.63) is 66.1 Å². The van der Waals surface area contributed by atoms with E-state index in [1.54, 1.807) is 23.2 Å². The molecule has 1 amide bonds. The number of likely N-dealkylation sites (tertiary alicyclic amines) is 1. The minimum atomic E-state index is -0.0767. The van der Waals surface area contributed by atoms with Crippen LogP contribution in [0.4, 0.5) is 0 Å². The number of amides is 1. The highest BCUT2D eigenvalue weighted by Gasteiger charge is 2.34.